The Morgan fingerprint density at radius 3 is 2.39 bits per heavy atom. The van der Waals surface area contributed by atoms with Crippen molar-refractivity contribution in [2.45, 2.75) is 17.7 Å². The van der Waals surface area contributed by atoms with Gasteiger partial charge in [0.05, 0.1) is 16.8 Å². The van der Waals surface area contributed by atoms with E-state index in [4.69, 9.17) is 0 Å². The molecule has 122 valence electrons. The second-order valence-corrected chi connectivity index (χ2v) is 7.21. The van der Waals surface area contributed by atoms with Gasteiger partial charge >= 0.3 is 0 Å². The number of nitrogens with one attached hydrogen (secondary N) is 1. The molecule has 0 aliphatic carbocycles. The van der Waals surface area contributed by atoms with Gasteiger partial charge in [0.1, 0.15) is 0 Å². The first kappa shape index (κ1) is 15.5. The number of hydrogen-bond acceptors (Lipinski definition) is 4. The predicted molar refractivity (Wildman–Crippen MR) is 85.6 cm³/mol. The van der Waals surface area contributed by atoms with E-state index in [1.165, 1.54) is 23.0 Å². The van der Waals surface area contributed by atoms with Crippen molar-refractivity contribution >= 4 is 21.6 Å². The molecular formula is C15H18N4O3S. The van der Waals surface area contributed by atoms with Crippen LogP contribution in [0.3, 0.4) is 0 Å². The molecule has 2 heterocycles. The van der Waals surface area contributed by atoms with Gasteiger partial charge in [-0.3, -0.25) is 14.2 Å². The van der Waals surface area contributed by atoms with Crippen LogP contribution in [0.4, 0.5) is 5.69 Å². The molecule has 1 aromatic heterocycles. The van der Waals surface area contributed by atoms with Gasteiger partial charge in [0, 0.05) is 31.9 Å². The van der Waals surface area contributed by atoms with Crippen molar-refractivity contribution < 1.29 is 13.2 Å². The Kier molecular flexibility index (Phi) is 4.08. The molecule has 1 aliphatic rings. The van der Waals surface area contributed by atoms with E-state index in [1.54, 1.807) is 30.3 Å². The summed E-state index contributed by atoms with van der Waals surface area (Å²) < 4.78 is 28.6. The molecule has 0 saturated carbocycles. The van der Waals surface area contributed by atoms with Crippen LogP contribution in [0, 0.1) is 0 Å². The first-order valence-electron chi connectivity index (χ1n) is 7.36. The average molecular weight is 334 g/mol. The fourth-order valence-corrected chi connectivity index (χ4v) is 3.60. The van der Waals surface area contributed by atoms with Crippen molar-refractivity contribution in [2.75, 3.05) is 17.8 Å². The van der Waals surface area contributed by atoms with Gasteiger partial charge in [-0.15, -0.1) is 0 Å². The van der Waals surface area contributed by atoms with E-state index in [9.17, 15) is 13.2 Å². The summed E-state index contributed by atoms with van der Waals surface area (Å²) in [7, 11) is -1.98. The molecule has 1 saturated heterocycles. The van der Waals surface area contributed by atoms with Gasteiger partial charge in [0.2, 0.25) is 0 Å². The quantitative estimate of drug-likeness (QED) is 0.917. The van der Waals surface area contributed by atoms with Crippen molar-refractivity contribution in [2.24, 2.45) is 7.05 Å². The largest absolute Gasteiger partial charge is 0.339 e. The lowest BCUT2D eigenvalue weighted by Crippen LogP contribution is -2.27. The van der Waals surface area contributed by atoms with Crippen LogP contribution in [0.5, 0.6) is 0 Å². The fraction of sp³-hybridized carbons (Fsp3) is 0.333. The van der Waals surface area contributed by atoms with Gasteiger partial charge in [-0.25, -0.2) is 8.42 Å². The van der Waals surface area contributed by atoms with Crippen LogP contribution in [0.15, 0.2) is 41.6 Å². The second kappa shape index (κ2) is 6.04. The lowest BCUT2D eigenvalue weighted by Gasteiger charge is -2.15. The zero-order valence-electron chi connectivity index (χ0n) is 12.8. The van der Waals surface area contributed by atoms with E-state index in [-0.39, 0.29) is 10.8 Å². The number of likely N-dealkylation sites (tertiary alicyclic amines) is 1. The van der Waals surface area contributed by atoms with E-state index in [2.05, 4.69) is 9.82 Å². The summed E-state index contributed by atoms with van der Waals surface area (Å²) in [5, 5.41) is 3.92. The monoisotopic (exact) mass is 334 g/mol. The summed E-state index contributed by atoms with van der Waals surface area (Å²) in [5.74, 6) is -0.0494. The van der Waals surface area contributed by atoms with E-state index >= 15 is 0 Å². The number of carbonyl (C=O) groups excluding carboxylic acids is 1. The van der Waals surface area contributed by atoms with Crippen molar-refractivity contribution in [3.05, 3.63) is 42.2 Å². The first-order valence-corrected chi connectivity index (χ1v) is 8.85. The third kappa shape index (κ3) is 3.37. The number of hydrogen-bond donors (Lipinski definition) is 1. The number of nitrogens with zero attached hydrogens (tertiary/aromatic N) is 3. The Hall–Kier alpha value is -2.35. The van der Waals surface area contributed by atoms with Crippen LogP contribution < -0.4 is 4.72 Å². The van der Waals surface area contributed by atoms with Crippen molar-refractivity contribution in [1.29, 1.82) is 0 Å². The lowest BCUT2D eigenvalue weighted by atomic mass is 10.2. The van der Waals surface area contributed by atoms with Crippen LogP contribution in [0.25, 0.3) is 0 Å². The number of rotatable bonds is 4. The number of amides is 1. The Morgan fingerprint density at radius 2 is 1.83 bits per heavy atom. The highest BCUT2D eigenvalue weighted by Gasteiger charge is 2.21. The first-order chi connectivity index (χ1) is 11.0. The van der Waals surface area contributed by atoms with Gasteiger partial charge in [0.15, 0.2) is 0 Å². The van der Waals surface area contributed by atoms with Crippen molar-refractivity contribution in [3.63, 3.8) is 0 Å². The van der Waals surface area contributed by atoms with Crippen LogP contribution in [-0.4, -0.2) is 42.1 Å². The zero-order chi connectivity index (χ0) is 16.4. The number of anilines is 1. The highest BCUT2D eigenvalue weighted by atomic mass is 32.2. The molecule has 0 spiro atoms. The van der Waals surface area contributed by atoms with Crippen LogP contribution in [-0.2, 0) is 17.1 Å². The molecule has 0 atom stereocenters. The fourth-order valence-electron chi connectivity index (χ4n) is 2.57. The Bertz CT molecular complexity index is 806. The summed E-state index contributed by atoms with van der Waals surface area (Å²) in [4.78, 5) is 14.2. The number of aryl methyl sites for hydroxylation is 1. The molecule has 0 unspecified atom stereocenters. The molecule has 1 aromatic carbocycles. The SMILES string of the molecule is Cn1cc(NS(=O)(=O)c2ccc(C(=O)N3CCCC3)cc2)cn1. The molecule has 1 amide bonds. The molecule has 2 aromatic rings. The number of benzene rings is 1. The maximum absolute atomic E-state index is 12.3. The Morgan fingerprint density at radius 1 is 1.17 bits per heavy atom. The third-order valence-corrected chi connectivity index (χ3v) is 5.16. The normalized spacial score (nSPS) is 14.9. The minimum atomic E-state index is -3.69. The molecule has 8 heteroatoms. The zero-order valence-corrected chi connectivity index (χ0v) is 13.6. The highest BCUT2D eigenvalue weighted by Crippen LogP contribution is 2.18. The Labute approximate surface area is 135 Å². The van der Waals surface area contributed by atoms with Crippen LogP contribution >= 0.6 is 0 Å². The second-order valence-electron chi connectivity index (χ2n) is 5.53. The van der Waals surface area contributed by atoms with Gasteiger partial charge in [-0.1, -0.05) is 0 Å². The van der Waals surface area contributed by atoms with Crippen molar-refractivity contribution in [1.82, 2.24) is 14.7 Å². The minimum absolute atomic E-state index is 0.0494. The molecule has 0 radical (unpaired) electrons. The summed E-state index contributed by atoms with van der Waals surface area (Å²) in [5.41, 5.74) is 0.900. The minimum Gasteiger partial charge on any atom is -0.339 e. The summed E-state index contributed by atoms with van der Waals surface area (Å²) in [6, 6.07) is 6.00. The number of sulfonamides is 1. The smallest absolute Gasteiger partial charge is 0.261 e. The molecule has 1 N–H and O–H groups in total. The molecule has 7 nitrogen and oxygen atoms in total. The number of aromatic nitrogens is 2. The lowest BCUT2D eigenvalue weighted by molar-refractivity contribution is 0.0792. The topological polar surface area (TPSA) is 84.3 Å². The van der Waals surface area contributed by atoms with E-state index < -0.39 is 10.0 Å². The standard InChI is InChI=1S/C15H18N4O3S/c1-18-11-13(10-16-18)17-23(21,22)14-6-4-12(5-7-14)15(20)19-8-2-3-9-19/h4-7,10-11,17H,2-3,8-9H2,1H3. The molecule has 3 rings (SSSR count). The molecule has 0 bridgehead atoms. The predicted octanol–water partition coefficient (Wildman–Crippen LogP) is 1.46. The van der Waals surface area contributed by atoms with E-state index in [0.29, 0.717) is 11.3 Å². The van der Waals surface area contributed by atoms with Crippen LogP contribution in [0.2, 0.25) is 0 Å². The van der Waals surface area contributed by atoms with Gasteiger partial charge in [0.25, 0.3) is 15.9 Å². The van der Waals surface area contributed by atoms with Gasteiger partial charge in [-0.2, -0.15) is 5.10 Å². The average Bonchev–Trinajstić information content (AvgIpc) is 3.18. The van der Waals surface area contributed by atoms with E-state index in [0.717, 1.165) is 25.9 Å². The number of carbonyl (C=O) groups is 1. The molecular weight excluding hydrogens is 316 g/mol. The van der Waals surface area contributed by atoms with E-state index in [1.807, 2.05) is 0 Å². The molecule has 23 heavy (non-hydrogen) atoms. The third-order valence-electron chi connectivity index (χ3n) is 3.76. The summed E-state index contributed by atoms with van der Waals surface area (Å²) in [6.07, 6.45) is 5.05. The maximum atomic E-state index is 12.3. The Balaban J connectivity index is 1.76. The molecule has 1 aliphatic heterocycles. The maximum Gasteiger partial charge on any atom is 0.261 e. The van der Waals surface area contributed by atoms with Crippen LogP contribution in [0.1, 0.15) is 23.2 Å². The molecule has 1 fully saturated rings. The van der Waals surface area contributed by atoms with Gasteiger partial charge < -0.3 is 4.90 Å². The van der Waals surface area contributed by atoms with Gasteiger partial charge in [-0.05, 0) is 37.1 Å². The van der Waals surface area contributed by atoms with Crippen molar-refractivity contribution in [3.8, 4) is 0 Å². The highest BCUT2D eigenvalue weighted by molar-refractivity contribution is 7.92. The summed E-state index contributed by atoms with van der Waals surface area (Å²) in [6.45, 7) is 1.53. The summed E-state index contributed by atoms with van der Waals surface area (Å²) >= 11 is 0.